The molecule has 2 heterocycles. The van der Waals surface area contributed by atoms with Crippen LogP contribution >= 0.6 is 0 Å². The second-order valence-electron chi connectivity index (χ2n) is 14.1. The number of rotatable bonds is 19. The number of ketones is 2. The van der Waals surface area contributed by atoms with Gasteiger partial charge in [0.05, 0.1) is 13.0 Å². The van der Waals surface area contributed by atoms with Gasteiger partial charge in [-0.15, -0.1) is 5.69 Å². The molecule has 11 nitrogen and oxygen atoms in total. The normalized spacial score (nSPS) is 15.6. The molecule has 55 heavy (non-hydrogen) atoms. The number of Topliss-reactive ketones (excluding diaryl/α,β-unsaturated/α-hetero) is 2. The van der Waals surface area contributed by atoms with Gasteiger partial charge in [0, 0.05) is 18.9 Å². The van der Waals surface area contributed by atoms with Gasteiger partial charge >= 0.3 is 0 Å². The van der Waals surface area contributed by atoms with Crippen LogP contribution in [0.3, 0.4) is 0 Å². The van der Waals surface area contributed by atoms with Gasteiger partial charge in [-0.1, -0.05) is 72.0 Å². The maximum Gasteiger partial charge on any atom is 0.160 e. The predicted molar refractivity (Wildman–Crippen MR) is 209 cm³/mol. The molecule has 3 aromatic carbocycles. The van der Waals surface area contributed by atoms with E-state index in [0.29, 0.717) is 30.8 Å². The Morgan fingerprint density at radius 3 is 2.47 bits per heavy atom. The molecule has 0 bridgehead atoms. The van der Waals surface area contributed by atoms with Crippen molar-refractivity contribution in [2.45, 2.75) is 57.3 Å². The van der Waals surface area contributed by atoms with Crippen LogP contribution in [0.15, 0.2) is 90.8 Å². The molecular weight excluding hydrogens is 698 g/mol. The van der Waals surface area contributed by atoms with Gasteiger partial charge in [-0.3, -0.25) is 9.59 Å². The van der Waals surface area contributed by atoms with E-state index in [4.69, 9.17) is 10.1 Å². The smallest absolute Gasteiger partial charge is 0.160 e. The number of phenols is 4. The molecule has 1 aliphatic rings. The van der Waals surface area contributed by atoms with Crippen LogP contribution in [0.25, 0.3) is 11.4 Å². The number of carbonyl (C=O) groups excluding carboxylic acids is 2. The maximum absolute atomic E-state index is 14.9. The molecule has 5 aromatic rings. The van der Waals surface area contributed by atoms with Gasteiger partial charge < -0.3 is 45.6 Å². The van der Waals surface area contributed by atoms with Gasteiger partial charge in [-0.05, 0) is 110 Å². The Bertz CT molecular complexity index is 2130. The van der Waals surface area contributed by atoms with Crippen LogP contribution in [0.5, 0.6) is 28.7 Å². The largest absolute Gasteiger partial charge is 0.664 e. The Balaban J connectivity index is 1.25. The Labute approximate surface area is 320 Å². The Morgan fingerprint density at radius 2 is 1.69 bits per heavy atom. The molecule has 0 amide bonds. The second-order valence-corrected chi connectivity index (χ2v) is 14.1. The molecule has 0 saturated carbocycles. The number of aryl methyl sites for hydroxylation is 2. The first-order valence-electron chi connectivity index (χ1n) is 18.6. The van der Waals surface area contributed by atoms with Crippen LogP contribution < -0.4 is 9.72 Å². The third kappa shape index (κ3) is 9.42. The monoisotopic (exact) mass is 745 g/mol. The third-order valence-corrected chi connectivity index (χ3v) is 10.5. The lowest BCUT2D eigenvalue weighted by molar-refractivity contribution is -0.135. The fourth-order valence-electron chi connectivity index (χ4n) is 7.63. The number of aromatic amines is 1. The van der Waals surface area contributed by atoms with Crippen molar-refractivity contribution in [2.24, 2.45) is 11.8 Å². The number of aromatic nitrogens is 2. The van der Waals surface area contributed by atoms with Crippen molar-refractivity contribution < 1.29 is 39.9 Å². The third-order valence-electron chi connectivity index (χ3n) is 10.5. The number of hydrogen-bond acceptors (Lipinski definition) is 8. The lowest BCUT2D eigenvalue weighted by atomic mass is 9.69. The van der Waals surface area contributed by atoms with Crippen LogP contribution in [0.1, 0.15) is 71.5 Å². The van der Waals surface area contributed by atoms with E-state index in [-0.39, 0.29) is 66.5 Å². The molecule has 1 aliphatic carbocycles. The van der Waals surface area contributed by atoms with E-state index < -0.39 is 11.8 Å². The summed E-state index contributed by atoms with van der Waals surface area (Å²) in [6, 6.07) is 20.6. The van der Waals surface area contributed by atoms with Gasteiger partial charge in [-0.2, -0.15) is 6.20 Å². The average molecular weight is 746 g/mol. The summed E-state index contributed by atoms with van der Waals surface area (Å²) in [5, 5.41) is 54.9. The van der Waals surface area contributed by atoms with E-state index >= 15 is 0 Å². The average Bonchev–Trinajstić information content (AvgIpc) is 3.84. The first-order valence-corrected chi connectivity index (χ1v) is 18.6. The number of carbonyl (C=O) groups is 2. The molecule has 0 radical (unpaired) electrons. The summed E-state index contributed by atoms with van der Waals surface area (Å²) in [5.41, 5.74) is 5.88. The van der Waals surface area contributed by atoms with Gasteiger partial charge in [0.2, 0.25) is 0 Å². The molecule has 0 spiro atoms. The van der Waals surface area contributed by atoms with E-state index in [9.17, 15) is 35.1 Å². The molecule has 0 aliphatic heterocycles. The van der Waals surface area contributed by atoms with Crippen molar-refractivity contribution >= 4 is 23.5 Å². The summed E-state index contributed by atoms with van der Waals surface area (Å²) in [6.45, 7) is -0.175. The fraction of sp³-hybridized carbons (Fsp3) is 0.318. The topological polar surface area (TPSA) is 189 Å². The number of aliphatic hydroxyl groups excluding tert-OH is 1. The highest BCUT2D eigenvalue weighted by molar-refractivity contribution is 6.05. The number of benzene rings is 3. The summed E-state index contributed by atoms with van der Waals surface area (Å²) in [6.07, 6.45) is 9.26. The molecule has 6 N–H and O–H groups in total. The van der Waals surface area contributed by atoms with Crippen LogP contribution in [0.4, 0.5) is 5.82 Å². The number of fused-ring (bicyclic) bond motifs is 1. The fourth-order valence-corrected chi connectivity index (χ4v) is 7.63. The number of aliphatic hydroxyl groups is 1. The summed E-state index contributed by atoms with van der Waals surface area (Å²) < 4.78 is 5.23. The Hall–Kier alpha value is -5.94. The molecule has 6 rings (SSSR count). The minimum Gasteiger partial charge on any atom is -0.664 e. The van der Waals surface area contributed by atoms with Crippen LogP contribution in [0, 0.1) is 11.8 Å². The number of H-pyrrole nitrogens is 1. The zero-order chi connectivity index (χ0) is 38.9. The van der Waals surface area contributed by atoms with Crippen molar-refractivity contribution in [3.8, 4) is 28.7 Å². The van der Waals surface area contributed by atoms with Crippen LogP contribution in [0.2, 0.25) is 0 Å². The lowest BCUT2D eigenvalue weighted by Gasteiger charge is -2.37. The summed E-state index contributed by atoms with van der Waals surface area (Å²) >= 11 is 0. The van der Waals surface area contributed by atoms with Crippen molar-refractivity contribution in [2.75, 3.05) is 20.3 Å². The molecular formula is C44H47N3O8-2. The number of ether oxygens (including phenoxy) is 1. The minimum absolute atomic E-state index is 0.00587. The van der Waals surface area contributed by atoms with Crippen LogP contribution in [-0.2, 0) is 28.9 Å². The first kappa shape index (κ1) is 38.8. The van der Waals surface area contributed by atoms with E-state index in [2.05, 4.69) is 9.97 Å². The summed E-state index contributed by atoms with van der Waals surface area (Å²) in [5.74, 6) is -1.81. The highest BCUT2D eigenvalue weighted by atomic mass is 16.5. The number of nitrogens with one attached hydrogen (secondary N) is 1. The van der Waals surface area contributed by atoms with Gasteiger partial charge in [0.15, 0.2) is 28.8 Å². The molecule has 2 aromatic heterocycles. The van der Waals surface area contributed by atoms with E-state index in [0.717, 1.165) is 58.3 Å². The predicted octanol–water partition coefficient (Wildman–Crippen LogP) is 7.38. The van der Waals surface area contributed by atoms with E-state index in [1.807, 2.05) is 30.3 Å². The quantitative estimate of drug-likeness (QED) is 0.0285. The van der Waals surface area contributed by atoms with Crippen molar-refractivity contribution in [3.63, 3.8) is 0 Å². The van der Waals surface area contributed by atoms with Gasteiger partial charge in [0.1, 0.15) is 11.5 Å². The standard InChI is InChI=1S/C44H47N3O8/c1-55-41-24-28(10-14-39(41)52)9-12-37(50)35(17-20-48)43(54)42-31(26-47-44-30(15-18-46-44)21-29-11-13-38(51)40(53)23-29)25-36-33(16-19-45-36)34(42)8-3-2-5-27-6-4-7-32(49)22-27/h4,6-7,10-11,13-16,18-19,22-25,34-35,42,46,48-49,51-53H,2-3,5,8-9,12,17,20-21,26H2,1H3/q-2/t34-,35+,42+/m0/s1. The highest BCUT2D eigenvalue weighted by Crippen LogP contribution is 2.44. The highest BCUT2D eigenvalue weighted by Gasteiger charge is 2.40. The molecule has 0 saturated heterocycles. The van der Waals surface area contributed by atoms with Gasteiger partial charge in [-0.25, -0.2) is 0 Å². The molecule has 288 valence electrons. The van der Waals surface area contributed by atoms with Crippen LogP contribution in [-0.4, -0.2) is 62.3 Å². The van der Waals surface area contributed by atoms with Crippen molar-refractivity contribution in [3.05, 3.63) is 130 Å². The number of hydrogen-bond donors (Lipinski definition) is 6. The molecule has 3 atom stereocenters. The number of unbranched alkanes of at least 4 members (excludes halogenated alkanes) is 1. The zero-order valence-corrected chi connectivity index (χ0v) is 30.8. The van der Waals surface area contributed by atoms with E-state index in [1.165, 1.54) is 25.3 Å². The first-order chi connectivity index (χ1) is 26.6. The molecule has 11 heteroatoms. The lowest BCUT2D eigenvalue weighted by Crippen LogP contribution is -2.37. The Morgan fingerprint density at radius 1 is 0.891 bits per heavy atom. The van der Waals surface area contributed by atoms with E-state index in [1.54, 1.807) is 42.7 Å². The molecule has 0 fully saturated rings. The zero-order valence-electron chi connectivity index (χ0n) is 30.8. The number of nitrogens with zero attached hydrogens (tertiary/aromatic N) is 2. The maximum atomic E-state index is 14.9. The van der Waals surface area contributed by atoms with Crippen molar-refractivity contribution in [1.82, 2.24) is 9.97 Å². The number of phenolic OH excluding ortho intramolecular Hbond substituents is 4. The minimum atomic E-state index is -1.04. The summed E-state index contributed by atoms with van der Waals surface area (Å²) in [4.78, 5) is 36.7. The Kier molecular flexibility index (Phi) is 12.6. The number of methoxy groups -OCH3 is 1. The second kappa shape index (κ2) is 17.9. The summed E-state index contributed by atoms with van der Waals surface area (Å²) in [7, 11) is 1.45. The molecule has 0 unspecified atom stereocenters. The van der Waals surface area contributed by atoms with Crippen molar-refractivity contribution in [1.29, 1.82) is 0 Å². The SMILES string of the molecule is COc1cc(CCC(=O)[C@@H](CCO)C(=O)[C@@H]2C(C[N-]c3[nH]ccc3Cc3ccc(O)c(O)c3)=Cc3[n-]ccc3[C@@H]2CCCCc2cccc(O)c2)ccc1O. The van der Waals surface area contributed by atoms with Gasteiger partial charge in [0.25, 0.3) is 0 Å². The number of aromatic hydroxyl groups is 4.